The monoisotopic (exact) mass is 344 g/mol. The van der Waals surface area contributed by atoms with E-state index in [1.165, 1.54) is 62.7 Å². The van der Waals surface area contributed by atoms with Gasteiger partial charge in [-0.2, -0.15) is 0 Å². The number of rotatable bonds is 2. The summed E-state index contributed by atoms with van der Waals surface area (Å²) < 4.78 is 0. The SMILES string of the molecule is O=C1CCCCCCCCCCCCCC1=CSc1ccccc1. The first kappa shape index (κ1) is 19.3. The standard InChI is InChI=1S/C22H32OS/c23-22-18-14-9-7-5-3-1-2-4-6-8-11-15-20(22)19-24-21-16-12-10-13-17-21/h10,12-13,16-17,19H,1-9,11,14-15,18H2. The fourth-order valence-electron chi connectivity index (χ4n) is 3.25. The lowest BCUT2D eigenvalue weighted by atomic mass is 10.0. The summed E-state index contributed by atoms with van der Waals surface area (Å²) in [7, 11) is 0. The smallest absolute Gasteiger partial charge is 0.159 e. The van der Waals surface area contributed by atoms with E-state index >= 15 is 0 Å². The molecule has 1 fully saturated rings. The Hall–Kier alpha value is -1.02. The summed E-state index contributed by atoms with van der Waals surface area (Å²) in [5.41, 5.74) is 1.05. The average Bonchev–Trinajstić information content (AvgIpc) is 2.62. The quantitative estimate of drug-likeness (QED) is 0.413. The van der Waals surface area contributed by atoms with Crippen LogP contribution in [-0.2, 0) is 4.79 Å². The summed E-state index contributed by atoms with van der Waals surface area (Å²) >= 11 is 1.70. The lowest BCUT2D eigenvalue weighted by Crippen LogP contribution is -2.02. The van der Waals surface area contributed by atoms with Crippen LogP contribution in [0.25, 0.3) is 0 Å². The number of ketones is 1. The lowest BCUT2D eigenvalue weighted by molar-refractivity contribution is -0.115. The number of carbonyl (C=O) groups excluding carboxylic acids is 1. The Morgan fingerprint density at radius 3 is 1.75 bits per heavy atom. The minimum absolute atomic E-state index is 0.383. The minimum Gasteiger partial charge on any atom is -0.295 e. The van der Waals surface area contributed by atoms with Crippen LogP contribution in [0.5, 0.6) is 0 Å². The molecule has 0 heterocycles. The van der Waals surface area contributed by atoms with Crippen molar-refractivity contribution in [3.63, 3.8) is 0 Å². The van der Waals surface area contributed by atoms with Crippen LogP contribution in [0.15, 0.2) is 46.2 Å². The fraction of sp³-hybridized carbons (Fsp3) is 0.591. The van der Waals surface area contributed by atoms with Gasteiger partial charge in [-0.1, -0.05) is 87.7 Å². The molecule has 1 aromatic carbocycles. The third-order valence-corrected chi connectivity index (χ3v) is 5.74. The van der Waals surface area contributed by atoms with Crippen LogP contribution in [0.4, 0.5) is 0 Å². The highest BCUT2D eigenvalue weighted by Crippen LogP contribution is 2.24. The largest absolute Gasteiger partial charge is 0.295 e. The Morgan fingerprint density at radius 2 is 1.17 bits per heavy atom. The molecule has 1 aliphatic rings. The van der Waals surface area contributed by atoms with Gasteiger partial charge in [0.1, 0.15) is 0 Å². The molecule has 0 atom stereocenters. The van der Waals surface area contributed by atoms with Gasteiger partial charge in [-0.15, -0.1) is 0 Å². The predicted octanol–water partition coefficient (Wildman–Crippen LogP) is 7.32. The number of carbonyl (C=O) groups is 1. The van der Waals surface area contributed by atoms with Crippen molar-refractivity contribution in [1.82, 2.24) is 0 Å². The normalized spacial score (nSPS) is 21.2. The van der Waals surface area contributed by atoms with Crippen molar-refractivity contribution in [3.05, 3.63) is 41.3 Å². The van der Waals surface area contributed by atoms with E-state index in [0.29, 0.717) is 5.78 Å². The van der Waals surface area contributed by atoms with Gasteiger partial charge in [0.05, 0.1) is 0 Å². The molecule has 0 aromatic heterocycles. The van der Waals surface area contributed by atoms with E-state index in [-0.39, 0.29) is 0 Å². The van der Waals surface area contributed by atoms with Crippen molar-refractivity contribution >= 4 is 17.5 Å². The second-order valence-electron chi connectivity index (χ2n) is 6.89. The van der Waals surface area contributed by atoms with Gasteiger partial charge >= 0.3 is 0 Å². The van der Waals surface area contributed by atoms with Crippen molar-refractivity contribution in [1.29, 1.82) is 0 Å². The van der Waals surface area contributed by atoms with E-state index in [4.69, 9.17) is 0 Å². The molecule has 0 bridgehead atoms. The molecule has 1 saturated carbocycles. The van der Waals surface area contributed by atoms with Gasteiger partial charge < -0.3 is 0 Å². The molecule has 0 radical (unpaired) electrons. The van der Waals surface area contributed by atoms with E-state index in [2.05, 4.69) is 29.7 Å². The maximum absolute atomic E-state index is 12.6. The van der Waals surface area contributed by atoms with Crippen molar-refractivity contribution in [2.75, 3.05) is 0 Å². The third kappa shape index (κ3) is 8.19. The van der Waals surface area contributed by atoms with Crippen LogP contribution in [0.2, 0.25) is 0 Å². The van der Waals surface area contributed by atoms with E-state index in [9.17, 15) is 4.79 Å². The zero-order chi connectivity index (χ0) is 16.9. The average molecular weight is 345 g/mol. The van der Waals surface area contributed by atoms with E-state index < -0.39 is 0 Å². The molecular formula is C22H32OS. The highest BCUT2D eigenvalue weighted by Gasteiger charge is 2.10. The summed E-state index contributed by atoms with van der Waals surface area (Å²) in [5.74, 6) is 0.383. The summed E-state index contributed by atoms with van der Waals surface area (Å²) in [6.07, 6.45) is 15.9. The summed E-state index contributed by atoms with van der Waals surface area (Å²) in [5, 5.41) is 2.12. The molecule has 1 nitrogen and oxygen atoms in total. The maximum atomic E-state index is 12.6. The van der Waals surface area contributed by atoms with Crippen molar-refractivity contribution in [3.8, 4) is 0 Å². The molecule has 0 saturated heterocycles. The van der Waals surface area contributed by atoms with Crippen LogP contribution in [-0.4, -0.2) is 5.78 Å². The predicted molar refractivity (Wildman–Crippen MR) is 105 cm³/mol. The second kappa shape index (κ2) is 12.4. The summed E-state index contributed by atoms with van der Waals surface area (Å²) in [4.78, 5) is 13.8. The molecule has 0 unspecified atom stereocenters. The Balaban J connectivity index is 1.91. The molecular weight excluding hydrogens is 312 g/mol. The molecule has 1 aromatic rings. The molecule has 0 aliphatic heterocycles. The molecule has 0 spiro atoms. The number of hydrogen-bond acceptors (Lipinski definition) is 2. The first-order valence-corrected chi connectivity index (χ1v) is 10.7. The number of thioether (sulfide) groups is 1. The Labute approximate surface area is 152 Å². The highest BCUT2D eigenvalue weighted by atomic mass is 32.2. The molecule has 1 aliphatic carbocycles. The van der Waals surface area contributed by atoms with Crippen LogP contribution < -0.4 is 0 Å². The molecule has 0 amide bonds. The van der Waals surface area contributed by atoms with Gasteiger partial charge in [0.15, 0.2) is 5.78 Å². The molecule has 2 heteroatoms. The Bertz CT molecular complexity index is 492. The lowest BCUT2D eigenvalue weighted by Gasteiger charge is -2.07. The number of benzene rings is 1. The summed E-state index contributed by atoms with van der Waals surface area (Å²) in [6.45, 7) is 0. The van der Waals surface area contributed by atoms with Gasteiger partial charge in [-0.3, -0.25) is 4.79 Å². The van der Waals surface area contributed by atoms with E-state index in [1.807, 2.05) is 6.07 Å². The van der Waals surface area contributed by atoms with Gasteiger partial charge in [-0.25, -0.2) is 0 Å². The van der Waals surface area contributed by atoms with Crippen molar-refractivity contribution < 1.29 is 4.79 Å². The molecule has 2 rings (SSSR count). The Kier molecular flexibility index (Phi) is 9.94. The van der Waals surface area contributed by atoms with Crippen LogP contribution in [0, 0.1) is 0 Å². The first-order chi connectivity index (χ1) is 11.9. The highest BCUT2D eigenvalue weighted by molar-refractivity contribution is 8.02. The van der Waals surface area contributed by atoms with Crippen LogP contribution in [0.1, 0.15) is 83.5 Å². The Morgan fingerprint density at radius 1 is 0.667 bits per heavy atom. The van der Waals surface area contributed by atoms with Crippen molar-refractivity contribution in [2.24, 2.45) is 0 Å². The van der Waals surface area contributed by atoms with E-state index in [1.54, 1.807) is 11.8 Å². The number of hydrogen-bond donors (Lipinski definition) is 0. The molecule has 0 N–H and O–H groups in total. The number of allylic oxidation sites excluding steroid dienone is 1. The van der Waals surface area contributed by atoms with Gasteiger partial charge in [0, 0.05) is 16.9 Å². The molecule has 24 heavy (non-hydrogen) atoms. The fourth-order valence-corrected chi connectivity index (χ4v) is 4.10. The van der Waals surface area contributed by atoms with E-state index in [0.717, 1.165) is 31.3 Å². The van der Waals surface area contributed by atoms with Crippen molar-refractivity contribution in [2.45, 2.75) is 88.4 Å². The zero-order valence-electron chi connectivity index (χ0n) is 15.0. The topological polar surface area (TPSA) is 17.1 Å². The van der Waals surface area contributed by atoms with Gasteiger partial charge in [0.25, 0.3) is 0 Å². The second-order valence-corrected chi connectivity index (χ2v) is 7.83. The van der Waals surface area contributed by atoms with Crippen LogP contribution >= 0.6 is 11.8 Å². The van der Waals surface area contributed by atoms with Crippen LogP contribution in [0.3, 0.4) is 0 Å². The van der Waals surface area contributed by atoms with Gasteiger partial charge in [0.2, 0.25) is 0 Å². The first-order valence-electron chi connectivity index (χ1n) is 9.80. The third-order valence-electron chi connectivity index (χ3n) is 4.79. The molecule has 132 valence electrons. The summed E-state index contributed by atoms with van der Waals surface area (Å²) in [6, 6.07) is 10.4. The maximum Gasteiger partial charge on any atom is 0.159 e. The number of Topliss-reactive ketones (excluding diaryl/α,β-unsaturated/α-hetero) is 1. The zero-order valence-corrected chi connectivity index (χ0v) is 15.8. The van der Waals surface area contributed by atoms with Gasteiger partial charge in [-0.05, 0) is 36.8 Å². The minimum atomic E-state index is 0.383.